The Balaban J connectivity index is 1.84. The zero-order valence-corrected chi connectivity index (χ0v) is 11.9. The summed E-state index contributed by atoms with van der Waals surface area (Å²) in [6.07, 6.45) is 0.543. The Kier molecular flexibility index (Phi) is 4.52. The summed E-state index contributed by atoms with van der Waals surface area (Å²) < 4.78 is 26.2. The smallest absolute Gasteiger partial charge is 0.215 e. The van der Waals surface area contributed by atoms with Gasteiger partial charge in [0.25, 0.3) is 0 Å². The maximum atomic E-state index is 11.8. The summed E-state index contributed by atoms with van der Waals surface area (Å²) in [5.41, 5.74) is 7.09. The molecule has 3 N–H and O–H groups in total. The Bertz CT molecular complexity index is 623. The van der Waals surface area contributed by atoms with Gasteiger partial charge in [-0.3, -0.25) is 0 Å². The molecule has 0 aliphatic rings. The van der Waals surface area contributed by atoms with Gasteiger partial charge in [0.2, 0.25) is 10.0 Å². The van der Waals surface area contributed by atoms with E-state index in [1.807, 2.05) is 23.6 Å². The van der Waals surface area contributed by atoms with Gasteiger partial charge in [0, 0.05) is 18.3 Å². The third kappa shape index (κ3) is 4.62. The molecule has 0 unspecified atom stereocenters. The van der Waals surface area contributed by atoms with E-state index in [1.165, 1.54) is 11.3 Å². The van der Waals surface area contributed by atoms with E-state index in [9.17, 15) is 8.42 Å². The highest BCUT2D eigenvalue weighted by Crippen LogP contribution is 2.11. The van der Waals surface area contributed by atoms with Crippen molar-refractivity contribution in [1.82, 2.24) is 9.71 Å². The van der Waals surface area contributed by atoms with Crippen molar-refractivity contribution in [2.24, 2.45) is 0 Å². The van der Waals surface area contributed by atoms with Crippen molar-refractivity contribution in [2.75, 3.05) is 12.3 Å². The molecule has 0 bridgehead atoms. The van der Waals surface area contributed by atoms with Crippen LogP contribution in [0.4, 0.5) is 5.13 Å². The average Bonchev–Trinajstić information content (AvgIpc) is 2.75. The number of anilines is 1. The molecule has 2 aromatic rings. The molecule has 0 aliphatic carbocycles. The number of rotatable bonds is 6. The molecule has 0 spiro atoms. The molecule has 7 heteroatoms. The molecule has 1 aromatic carbocycles. The third-order valence-electron chi connectivity index (χ3n) is 2.47. The molecule has 0 aliphatic heterocycles. The second kappa shape index (κ2) is 6.14. The maximum absolute atomic E-state index is 11.8. The van der Waals surface area contributed by atoms with Crippen LogP contribution in [0.25, 0.3) is 0 Å². The molecule has 19 heavy (non-hydrogen) atoms. The summed E-state index contributed by atoms with van der Waals surface area (Å²) in [6, 6.07) is 9.09. The van der Waals surface area contributed by atoms with E-state index >= 15 is 0 Å². The van der Waals surface area contributed by atoms with Crippen LogP contribution in [-0.4, -0.2) is 19.9 Å². The van der Waals surface area contributed by atoms with Gasteiger partial charge in [0.1, 0.15) is 0 Å². The van der Waals surface area contributed by atoms with Crippen LogP contribution in [-0.2, 0) is 22.2 Å². The summed E-state index contributed by atoms with van der Waals surface area (Å²) in [5, 5.41) is 2.34. The van der Waals surface area contributed by atoms with Gasteiger partial charge in [-0.25, -0.2) is 18.1 Å². The van der Waals surface area contributed by atoms with Gasteiger partial charge in [-0.2, -0.15) is 0 Å². The van der Waals surface area contributed by atoms with Crippen LogP contribution >= 0.6 is 11.3 Å². The maximum Gasteiger partial charge on any atom is 0.215 e. The number of hydrogen-bond acceptors (Lipinski definition) is 5. The first-order valence-corrected chi connectivity index (χ1v) is 8.29. The van der Waals surface area contributed by atoms with Crippen LogP contribution in [0.2, 0.25) is 0 Å². The van der Waals surface area contributed by atoms with Crippen molar-refractivity contribution in [2.45, 2.75) is 12.2 Å². The van der Waals surface area contributed by atoms with Gasteiger partial charge >= 0.3 is 0 Å². The first-order chi connectivity index (χ1) is 9.05. The van der Waals surface area contributed by atoms with E-state index < -0.39 is 10.0 Å². The van der Waals surface area contributed by atoms with Crippen LogP contribution in [0.15, 0.2) is 35.7 Å². The number of benzene rings is 1. The predicted molar refractivity (Wildman–Crippen MR) is 77.3 cm³/mol. The predicted octanol–water partition coefficient (Wildman–Crippen LogP) is 1.39. The molecule has 0 radical (unpaired) electrons. The summed E-state index contributed by atoms with van der Waals surface area (Å²) in [4.78, 5) is 4.08. The lowest BCUT2D eigenvalue weighted by molar-refractivity contribution is 0.580. The lowest BCUT2D eigenvalue weighted by Gasteiger charge is -2.05. The molecule has 0 amide bonds. The van der Waals surface area contributed by atoms with Gasteiger partial charge in [-0.05, 0) is 5.56 Å². The fourth-order valence-electron chi connectivity index (χ4n) is 1.62. The quantitative estimate of drug-likeness (QED) is 0.843. The topological polar surface area (TPSA) is 85.1 Å². The van der Waals surface area contributed by atoms with E-state index in [0.29, 0.717) is 18.1 Å². The van der Waals surface area contributed by atoms with Crippen molar-refractivity contribution in [1.29, 1.82) is 0 Å². The van der Waals surface area contributed by atoms with E-state index in [0.717, 1.165) is 11.3 Å². The minimum atomic E-state index is -3.30. The molecule has 102 valence electrons. The van der Waals surface area contributed by atoms with Crippen molar-refractivity contribution in [3.05, 3.63) is 47.0 Å². The highest BCUT2D eigenvalue weighted by Gasteiger charge is 2.10. The van der Waals surface area contributed by atoms with Crippen molar-refractivity contribution in [3.8, 4) is 0 Å². The Labute approximate surface area is 116 Å². The van der Waals surface area contributed by atoms with Gasteiger partial charge in [0.05, 0.1) is 11.4 Å². The zero-order valence-electron chi connectivity index (χ0n) is 10.2. The molecule has 1 heterocycles. The molecule has 1 aromatic heterocycles. The second-order valence-electron chi connectivity index (χ2n) is 4.07. The Hall–Kier alpha value is -1.44. The normalized spacial score (nSPS) is 11.6. The number of sulfonamides is 1. The number of nitrogens with two attached hydrogens (primary N) is 1. The van der Waals surface area contributed by atoms with E-state index in [2.05, 4.69) is 9.71 Å². The Morgan fingerprint density at radius 2 is 2.00 bits per heavy atom. The first kappa shape index (κ1) is 14.0. The summed E-state index contributed by atoms with van der Waals surface area (Å²) in [6.45, 7) is 0.332. The van der Waals surface area contributed by atoms with Crippen LogP contribution in [0.5, 0.6) is 0 Å². The fourth-order valence-corrected chi connectivity index (χ4v) is 3.36. The minimum absolute atomic E-state index is 0.00690. The largest absolute Gasteiger partial charge is 0.375 e. The molecular weight excluding hydrogens is 282 g/mol. The van der Waals surface area contributed by atoms with Gasteiger partial charge in [-0.15, -0.1) is 11.3 Å². The van der Waals surface area contributed by atoms with Gasteiger partial charge in [0.15, 0.2) is 5.13 Å². The number of thiazole rings is 1. The molecule has 2 rings (SSSR count). The molecule has 0 saturated carbocycles. The molecular formula is C12H15N3O2S2. The monoisotopic (exact) mass is 297 g/mol. The number of aromatic nitrogens is 1. The molecule has 0 saturated heterocycles. The number of nitrogens with zero attached hydrogens (tertiary/aromatic N) is 1. The number of nitrogen functional groups attached to an aromatic ring is 1. The highest BCUT2D eigenvalue weighted by atomic mass is 32.2. The lowest BCUT2D eigenvalue weighted by Crippen LogP contribution is -2.27. The Morgan fingerprint density at radius 1 is 1.26 bits per heavy atom. The summed E-state index contributed by atoms with van der Waals surface area (Å²) >= 11 is 1.35. The fraction of sp³-hybridized carbons (Fsp3) is 0.250. The van der Waals surface area contributed by atoms with Crippen molar-refractivity contribution < 1.29 is 8.42 Å². The zero-order chi connectivity index (χ0) is 13.7. The van der Waals surface area contributed by atoms with Gasteiger partial charge in [-0.1, -0.05) is 30.3 Å². The molecule has 0 atom stereocenters. The van der Waals surface area contributed by atoms with Crippen LogP contribution < -0.4 is 10.5 Å². The standard InChI is InChI=1S/C12H15N3O2S2/c13-12-15-11(8-18-12)6-7-14-19(16,17)9-10-4-2-1-3-5-10/h1-5,8,14H,6-7,9H2,(H2,13,15). The van der Waals surface area contributed by atoms with Crippen molar-refractivity contribution >= 4 is 26.5 Å². The Morgan fingerprint density at radius 3 is 2.63 bits per heavy atom. The minimum Gasteiger partial charge on any atom is -0.375 e. The first-order valence-electron chi connectivity index (χ1n) is 5.76. The average molecular weight is 297 g/mol. The molecule has 0 fully saturated rings. The van der Waals surface area contributed by atoms with Crippen molar-refractivity contribution in [3.63, 3.8) is 0 Å². The van der Waals surface area contributed by atoms with Crippen LogP contribution in [0.1, 0.15) is 11.3 Å². The third-order valence-corrected chi connectivity index (χ3v) is 4.55. The molecule has 5 nitrogen and oxygen atoms in total. The lowest BCUT2D eigenvalue weighted by atomic mass is 10.2. The highest BCUT2D eigenvalue weighted by molar-refractivity contribution is 7.88. The summed E-state index contributed by atoms with van der Waals surface area (Å²) in [5.74, 6) is -0.00690. The SMILES string of the molecule is Nc1nc(CCNS(=O)(=O)Cc2ccccc2)cs1. The van der Waals surface area contributed by atoms with E-state index in [-0.39, 0.29) is 5.75 Å². The second-order valence-corrected chi connectivity index (χ2v) is 6.76. The van der Waals surface area contributed by atoms with E-state index in [4.69, 9.17) is 5.73 Å². The number of hydrogen-bond donors (Lipinski definition) is 2. The van der Waals surface area contributed by atoms with Gasteiger partial charge < -0.3 is 5.73 Å². The van der Waals surface area contributed by atoms with E-state index in [1.54, 1.807) is 12.1 Å². The number of nitrogens with one attached hydrogen (secondary N) is 1. The van der Waals surface area contributed by atoms with Crippen LogP contribution in [0.3, 0.4) is 0 Å². The summed E-state index contributed by atoms with van der Waals surface area (Å²) in [7, 11) is -3.30. The van der Waals surface area contributed by atoms with Crippen LogP contribution in [0, 0.1) is 0 Å².